The predicted octanol–water partition coefficient (Wildman–Crippen LogP) is 3.44. The number of halogens is 1. The Hall–Kier alpha value is -0.530. The molecule has 0 aromatic heterocycles. The molecular formula is C13H18ClN. The van der Waals surface area contributed by atoms with Crippen LogP contribution in [0.15, 0.2) is 24.3 Å². The molecule has 15 heavy (non-hydrogen) atoms. The van der Waals surface area contributed by atoms with E-state index in [1.165, 1.54) is 18.4 Å². The molecule has 0 aliphatic carbocycles. The average Bonchev–Trinajstić information content (AvgIpc) is 2.66. The lowest BCUT2D eigenvalue weighted by molar-refractivity contribution is 0.474. The van der Waals surface area contributed by atoms with E-state index in [4.69, 9.17) is 11.6 Å². The molecule has 1 nitrogen and oxygen atoms in total. The van der Waals surface area contributed by atoms with Gasteiger partial charge in [0.1, 0.15) is 0 Å². The minimum Gasteiger partial charge on any atom is -0.316 e. The van der Waals surface area contributed by atoms with Crippen LogP contribution in [0.4, 0.5) is 0 Å². The highest BCUT2D eigenvalue weighted by Crippen LogP contribution is 2.32. The third kappa shape index (κ3) is 2.53. The van der Waals surface area contributed by atoms with E-state index < -0.39 is 0 Å². The number of hydrogen-bond donors (Lipinski definition) is 1. The van der Waals surface area contributed by atoms with Crippen LogP contribution in [0.25, 0.3) is 0 Å². The van der Waals surface area contributed by atoms with Crippen molar-refractivity contribution in [1.82, 2.24) is 5.32 Å². The summed E-state index contributed by atoms with van der Waals surface area (Å²) < 4.78 is 0. The second-order valence-corrected chi connectivity index (χ2v) is 4.80. The molecule has 1 aromatic carbocycles. The maximum atomic E-state index is 6.03. The Balaban J connectivity index is 2.15. The summed E-state index contributed by atoms with van der Waals surface area (Å²) in [7, 11) is 0. The molecule has 0 unspecified atom stereocenters. The molecule has 1 heterocycles. The van der Waals surface area contributed by atoms with Crippen molar-refractivity contribution in [3.63, 3.8) is 0 Å². The first-order valence-electron chi connectivity index (χ1n) is 5.77. The van der Waals surface area contributed by atoms with Crippen LogP contribution in [0.2, 0.25) is 5.02 Å². The SMILES string of the molecule is CCC[C@H]1CNC[C@@H]1c1cccc(Cl)c1. The van der Waals surface area contributed by atoms with Gasteiger partial charge in [0.15, 0.2) is 0 Å². The fourth-order valence-corrected chi connectivity index (χ4v) is 2.73. The molecule has 82 valence electrons. The normalized spacial score (nSPS) is 25.7. The largest absolute Gasteiger partial charge is 0.316 e. The zero-order chi connectivity index (χ0) is 10.7. The van der Waals surface area contributed by atoms with E-state index >= 15 is 0 Å². The summed E-state index contributed by atoms with van der Waals surface area (Å²) in [5.74, 6) is 1.44. The third-order valence-electron chi connectivity index (χ3n) is 3.28. The average molecular weight is 224 g/mol. The Morgan fingerprint density at radius 3 is 3.00 bits per heavy atom. The van der Waals surface area contributed by atoms with Crippen molar-refractivity contribution in [3.05, 3.63) is 34.9 Å². The molecule has 1 aliphatic rings. The van der Waals surface area contributed by atoms with Crippen molar-refractivity contribution in [2.75, 3.05) is 13.1 Å². The molecule has 2 atom stereocenters. The lowest BCUT2D eigenvalue weighted by Gasteiger charge is -2.18. The van der Waals surface area contributed by atoms with Gasteiger partial charge in [-0.3, -0.25) is 0 Å². The number of nitrogens with one attached hydrogen (secondary N) is 1. The molecule has 0 radical (unpaired) electrons. The summed E-state index contributed by atoms with van der Waals surface area (Å²) in [4.78, 5) is 0. The van der Waals surface area contributed by atoms with Crippen LogP contribution in [0.1, 0.15) is 31.2 Å². The minimum absolute atomic E-state index is 0.656. The second-order valence-electron chi connectivity index (χ2n) is 4.37. The Bertz CT molecular complexity index is 324. The lowest BCUT2D eigenvalue weighted by Crippen LogP contribution is -2.10. The molecule has 1 saturated heterocycles. The van der Waals surface area contributed by atoms with Crippen LogP contribution in [0, 0.1) is 5.92 Å². The van der Waals surface area contributed by atoms with Gasteiger partial charge in [0.05, 0.1) is 0 Å². The van der Waals surface area contributed by atoms with Crippen LogP contribution in [-0.4, -0.2) is 13.1 Å². The molecule has 0 bridgehead atoms. The highest BCUT2D eigenvalue weighted by atomic mass is 35.5. The van der Waals surface area contributed by atoms with E-state index in [0.717, 1.165) is 24.0 Å². The van der Waals surface area contributed by atoms with Crippen molar-refractivity contribution in [1.29, 1.82) is 0 Å². The van der Waals surface area contributed by atoms with Crippen molar-refractivity contribution in [2.45, 2.75) is 25.7 Å². The van der Waals surface area contributed by atoms with Gasteiger partial charge in [-0.1, -0.05) is 37.1 Å². The van der Waals surface area contributed by atoms with Gasteiger partial charge in [0, 0.05) is 17.5 Å². The van der Waals surface area contributed by atoms with Gasteiger partial charge in [0.25, 0.3) is 0 Å². The van der Waals surface area contributed by atoms with Crippen molar-refractivity contribution in [3.8, 4) is 0 Å². The fourth-order valence-electron chi connectivity index (χ4n) is 2.53. The van der Waals surface area contributed by atoms with E-state index in [9.17, 15) is 0 Å². The lowest BCUT2D eigenvalue weighted by atomic mass is 9.86. The van der Waals surface area contributed by atoms with E-state index in [-0.39, 0.29) is 0 Å². The van der Waals surface area contributed by atoms with Gasteiger partial charge in [-0.15, -0.1) is 0 Å². The molecule has 0 amide bonds. The number of benzene rings is 1. The van der Waals surface area contributed by atoms with E-state index in [1.54, 1.807) is 0 Å². The van der Waals surface area contributed by atoms with E-state index in [0.29, 0.717) is 5.92 Å². The molecule has 1 aromatic rings. The van der Waals surface area contributed by atoms with Gasteiger partial charge < -0.3 is 5.32 Å². The maximum Gasteiger partial charge on any atom is 0.0408 e. The number of rotatable bonds is 3. The number of hydrogen-bond acceptors (Lipinski definition) is 1. The summed E-state index contributed by atoms with van der Waals surface area (Å²) in [6, 6.07) is 8.31. The molecule has 0 spiro atoms. The summed E-state index contributed by atoms with van der Waals surface area (Å²) in [5.41, 5.74) is 1.39. The summed E-state index contributed by atoms with van der Waals surface area (Å²) >= 11 is 6.03. The second kappa shape index (κ2) is 5.00. The Morgan fingerprint density at radius 2 is 2.27 bits per heavy atom. The van der Waals surface area contributed by atoms with Gasteiger partial charge in [-0.05, 0) is 36.6 Å². The van der Waals surface area contributed by atoms with Crippen molar-refractivity contribution >= 4 is 11.6 Å². The smallest absolute Gasteiger partial charge is 0.0408 e. The van der Waals surface area contributed by atoms with E-state index in [1.807, 2.05) is 6.07 Å². The molecule has 2 rings (SSSR count). The highest BCUT2D eigenvalue weighted by molar-refractivity contribution is 6.30. The van der Waals surface area contributed by atoms with Crippen molar-refractivity contribution < 1.29 is 0 Å². The minimum atomic E-state index is 0.656. The van der Waals surface area contributed by atoms with Gasteiger partial charge in [-0.2, -0.15) is 0 Å². The summed E-state index contributed by atoms with van der Waals surface area (Å²) in [6.45, 7) is 4.52. The molecule has 1 fully saturated rings. The quantitative estimate of drug-likeness (QED) is 0.828. The van der Waals surface area contributed by atoms with Gasteiger partial charge >= 0.3 is 0 Å². The van der Waals surface area contributed by atoms with Gasteiger partial charge in [0.2, 0.25) is 0 Å². The van der Waals surface area contributed by atoms with Crippen LogP contribution in [-0.2, 0) is 0 Å². The standard InChI is InChI=1S/C13H18ClN/c1-2-4-11-8-15-9-13(11)10-5-3-6-12(14)7-10/h3,5-7,11,13,15H,2,4,8-9H2,1H3/t11-,13+/m0/s1. The van der Waals surface area contributed by atoms with Crippen LogP contribution in [0.5, 0.6) is 0 Å². The zero-order valence-electron chi connectivity index (χ0n) is 9.17. The third-order valence-corrected chi connectivity index (χ3v) is 3.51. The fraction of sp³-hybridized carbons (Fsp3) is 0.538. The molecule has 1 N–H and O–H groups in total. The Morgan fingerprint density at radius 1 is 1.40 bits per heavy atom. The molecular weight excluding hydrogens is 206 g/mol. The van der Waals surface area contributed by atoms with Crippen molar-refractivity contribution in [2.24, 2.45) is 5.92 Å². The first-order chi connectivity index (χ1) is 7.31. The molecule has 1 aliphatic heterocycles. The maximum absolute atomic E-state index is 6.03. The van der Waals surface area contributed by atoms with Gasteiger partial charge in [-0.25, -0.2) is 0 Å². The monoisotopic (exact) mass is 223 g/mol. The predicted molar refractivity (Wildman–Crippen MR) is 65.5 cm³/mol. The van der Waals surface area contributed by atoms with E-state index in [2.05, 4.69) is 30.4 Å². The summed E-state index contributed by atoms with van der Waals surface area (Å²) in [6.07, 6.45) is 2.58. The summed E-state index contributed by atoms with van der Waals surface area (Å²) in [5, 5.41) is 4.34. The van der Waals surface area contributed by atoms with Crippen LogP contribution in [0.3, 0.4) is 0 Å². The topological polar surface area (TPSA) is 12.0 Å². The first kappa shape index (κ1) is 11.0. The first-order valence-corrected chi connectivity index (χ1v) is 6.15. The molecule has 2 heteroatoms. The molecule has 0 saturated carbocycles. The Labute approximate surface area is 96.8 Å². The zero-order valence-corrected chi connectivity index (χ0v) is 9.93. The van der Waals surface area contributed by atoms with Crippen LogP contribution >= 0.6 is 11.6 Å². The highest BCUT2D eigenvalue weighted by Gasteiger charge is 2.27. The van der Waals surface area contributed by atoms with Crippen LogP contribution < -0.4 is 5.32 Å². The Kier molecular flexibility index (Phi) is 3.66.